The lowest BCUT2D eigenvalue weighted by Crippen LogP contribution is -2.36. The first-order chi connectivity index (χ1) is 16.7. The molecular weight excluding hydrogens is 467 g/mol. The van der Waals surface area contributed by atoms with Gasteiger partial charge in [-0.1, -0.05) is 6.08 Å². The molecule has 0 spiro atoms. The van der Waals surface area contributed by atoms with Crippen LogP contribution in [0.25, 0.3) is 16.7 Å². The van der Waals surface area contributed by atoms with Crippen molar-refractivity contribution in [3.63, 3.8) is 0 Å². The van der Waals surface area contributed by atoms with Crippen LogP contribution < -0.4 is 15.6 Å². The maximum Gasteiger partial charge on any atom is 0.266 e. The highest BCUT2D eigenvalue weighted by Crippen LogP contribution is 2.29. The van der Waals surface area contributed by atoms with E-state index in [4.69, 9.17) is 0 Å². The summed E-state index contributed by atoms with van der Waals surface area (Å²) in [6.45, 7) is 0.440. The molecule has 4 heterocycles. The van der Waals surface area contributed by atoms with E-state index in [1.54, 1.807) is 4.90 Å². The highest BCUT2D eigenvalue weighted by atomic mass is 19.1. The second-order valence-corrected chi connectivity index (χ2v) is 8.37. The minimum Gasteiger partial charge on any atom is -0.348 e. The molecule has 0 saturated carbocycles. The minimum absolute atomic E-state index is 0.0273. The van der Waals surface area contributed by atoms with Crippen LogP contribution in [0.3, 0.4) is 0 Å². The molecule has 0 radical (unpaired) electrons. The van der Waals surface area contributed by atoms with Gasteiger partial charge in [0.05, 0.1) is 16.6 Å². The molecule has 0 bridgehead atoms. The second-order valence-electron chi connectivity index (χ2n) is 8.37. The predicted octanol–water partition coefficient (Wildman–Crippen LogP) is 2.37. The van der Waals surface area contributed by atoms with Gasteiger partial charge in [0.1, 0.15) is 11.6 Å². The number of rotatable bonds is 5. The molecule has 12 heteroatoms. The van der Waals surface area contributed by atoms with E-state index < -0.39 is 45.7 Å². The first-order valence-electron chi connectivity index (χ1n) is 10.8. The first kappa shape index (κ1) is 22.7. The number of anilines is 1. The van der Waals surface area contributed by atoms with E-state index in [9.17, 15) is 28.5 Å². The van der Waals surface area contributed by atoms with Gasteiger partial charge in [-0.25, -0.2) is 18.2 Å². The van der Waals surface area contributed by atoms with Crippen LogP contribution in [-0.2, 0) is 0 Å². The molecule has 1 N–H and O–H groups in total. The molecular formula is C23H18F3N5O4. The van der Waals surface area contributed by atoms with E-state index in [0.29, 0.717) is 19.2 Å². The zero-order chi connectivity index (χ0) is 24.9. The Kier molecular flexibility index (Phi) is 5.59. The van der Waals surface area contributed by atoms with Crippen molar-refractivity contribution in [1.82, 2.24) is 14.9 Å². The smallest absolute Gasteiger partial charge is 0.266 e. The average molecular weight is 485 g/mol. The summed E-state index contributed by atoms with van der Waals surface area (Å²) >= 11 is 0. The third-order valence-electron chi connectivity index (χ3n) is 6.12. The lowest BCUT2D eigenvalue weighted by molar-refractivity contribution is -0.465. The SMILES string of the molecule is O=C(C[N+](=O)[O-])c1cn(-c2ccc(F)cc2F)c2nc(N3CC4=CCCNC4C3)c(F)cc2c1=O. The fraction of sp³-hybridized carbons (Fsp3) is 0.261. The van der Waals surface area contributed by atoms with Crippen LogP contribution >= 0.6 is 0 Å². The molecule has 2 aliphatic heterocycles. The standard InChI is InChI=1S/C23H18F3N5O4/c24-13-3-4-19(16(25)6-13)30-9-15(20(32)11-31(34)35)21(33)14-7-17(26)23(28-22(14)30)29-8-12-2-1-5-27-18(12)10-29/h2-4,6-7,9,18,27H,1,5,8,10-11H2. The number of hydrogen-bond donors (Lipinski definition) is 1. The van der Waals surface area contributed by atoms with Gasteiger partial charge in [-0.3, -0.25) is 24.3 Å². The Bertz CT molecular complexity index is 1490. The Morgan fingerprint density at radius 2 is 2.03 bits per heavy atom. The number of carbonyl (C=O) groups is 1. The van der Waals surface area contributed by atoms with Gasteiger partial charge in [-0.05, 0) is 36.7 Å². The van der Waals surface area contributed by atoms with Gasteiger partial charge in [0.2, 0.25) is 11.2 Å². The Morgan fingerprint density at radius 3 is 2.74 bits per heavy atom. The molecule has 1 atom stereocenters. The number of nitro groups is 1. The molecule has 180 valence electrons. The van der Waals surface area contributed by atoms with Gasteiger partial charge in [-0.2, -0.15) is 0 Å². The molecule has 2 aliphatic rings. The fourth-order valence-corrected chi connectivity index (χ4v) is 4.51. The Morgan fingerprint density at radius 1 is 1.23 bits per heavy atom. The van der Waals surface area contributed by atoms with E-state index in [-0.39, 0.29) is 28.6 Å². The molecule has 1 aromatic carbocycles. The fourth-order valence-electron chi connectivity index (χ4n) is 4.51. The molecule has 0 aliphatic carbocycles. The number of nitrogens with one attached hydrogen (secondary N) is 1. The topological polar surface area (TPSA) is 110 Å². The molecule has 2 aromatic heterocycles. The summed E-state index contributed by atoms with van der Waals surface area (Å²) in [5, 5.41) is 13.8. The van der Waals surface area contributed by atoms with E-state index in [0.717, 1.165) is 47.5 Å². The van der Waals surface area contributed by atoms with Gasteiger partial charge in [0.15, 0.2) is 17.3 Å². The summed E-state index contributed by atoms with van der Waals surface area (Å²) in [6.07, 6.45) is 3.85. The molecule has 1 unspecified atom stereocenters. The van der Waals surface area contributed by atoms with Crippen molar-refractivity contribution in [2.45, 2.75) is 12.5 Å². The van der Waals surface area contributed by atoms with Crippen molar-refractivity contribution in [1.29, 1.82) is 0 Å². The zero-order valence-electron chi connectivity index (χ0n) is 18.1. The Balaban J connectivity index is 1.73. The van der Waals surface area contributed by atoms with Crippen molar-refractivity contribution in [3.05, 3.63) is 85.5 Å². The lowest BCUT2D eigenvalue weighted by Gasteiger charge is -2.20. The number of halogens is 3. The largest absolute Gasteiger partial charge is 0.348 e. The third kappa shape index (κ3) is 4.05. The molecule has 5 rings (SSSR count). The summed E-state index contributed by atoms with van der Waals surface area (Å²) < 4.78 is 44.5. The van der Waals surface area contributed by atoms with Crippen molar-refractivity contribution in [3.8, 4) is 5.69 Å². The van der Waals surface area contributed by atoms with Crippen LogP contribution in [0, 0.1) is 27.6 Å². The van der Waals surface area contributed by atoms with E-state index in [2.05, 4.69) is 16.4 Å². The average Bonchev–Trinajstić information content (AvgIpc) is 3.23. The van der Waals surface area contributed by atoms with Crippen molar-refractivity contribution in [2.24, 2.45) is 0 Å². The number of benzene rings is 1. The van der Waals surface area contributed by atoms with E-state index in [1.807, 2.05) is 0 Å². The third-order valence-corrected chi connectivity index (χ3v) is 6.12. The molecule has 0 amide bonds. The van der Waals surface area contributed by atoms with E-state index >= 15 is 4.39 Å². The highest BCUT2D eigenvalue weighted by Gasteiger charge is 2.32. The van der Waals surface area contributed by atoms with E-state index in [1.165, 1.54) is 0 Å². The number of fused-ring (bicyclic) bond motifs is 2. The maximum atomic E-state index is 15.2. The summed E-state index contributed by atoms with van der Waals surface area (Å²) in [4.78, 5) is 41.4. The van der Waals surface area contributed by atoms with Crippen LogP contribution in [0.2, 0.25) is 0 Å². The molecule has 9 nitrogen and oxygen atoms in total. The maximum absolute atomic E-state index is 15.2. The van der Waals surface area contributed by atoms with Crippen molar-refractivity contribution < 1.29 is 22.9 Å². The quantitative estimate of drug-likeness (QED) is 0.256. The van der Waals surface area contributed by atoms with Crippen molar-refractivity contribution >= 4 is 22.6 Å². The second kappa shape index (κ2) is 8.62. The number of aromatic nitrogens is 2. The Hall–Kier alpha value is -4.06. The predicted molar refractivity (Wildman–Crippen MR) is 120 cm³/mol. The summed E-state index contributed by atoms with van der Waals surface area (Å²) in [6, 6.07) is 3.56. The number of Topliss-reactive ketones (excluding diaryl/α,β-unsaturated/α-hetero) is 1. The van der Waals surface area contributed by atoms with Gasteiger partial charge in [0, 0.05) is 36.3 Å². The molecule has 3 aromatic rings. The summed E-state index contributed by atoms with van der Waals surface area (Å²) in [7, 11) is 0. The number of hydrogen-bond acceptors (Lipinski definition) is 7. The number of nitrogens with zero attached hydrogens (tertiary/aromatic N) is 4. The Labute approximate surface area is 195 Å². The van der Waals surface area contributed by atoms with Gasteiger partial charge in [-0.15, -0.1) is 0 Å². The first-order valence-corrected chi connectivity index (χ1v) is 10.8. The van der Waals surface area contributed by atoms with Gasteiger partial charge in [0.25, 0.3) is 6.54 Å². The van der Waals surface area contributed by atoms with Crippen LogP contribution in [0.5, 0.6) is 0 Å². The number of pyridine rings is 2. The lowest BCUT2D eigenvalue weighted by atomic mass is 10.1. The van der Waals surface area contributed by atoms with Crippen molar-refractivity contribution in [2.75, 3.05) is 31.1 Å². The van der Waals surface area contributed by atoms with Crippen LogP contribution in [0.4, 0.5) is 19.0 Å². The molecule has 1 fully saturated rings. The van der Waals surface area contributed by atoms with Gasteiger partial charge >= 0.3 is 0 Å². The van der Waals surface area contributed by atoms with Gasteiger partial charge < -0.3 is 10.2 Å². The van der Waals surface area contributed by atoms with Crippen LogP contribution in [0.15, 0.2) is 46.9 Å². The number of carbonyl (C=O) groups excluding carboxylic acids is 1. The van der Waals surface area contributed by atoms with Crippen LogP contribution in [-0.4, -0.2) is 52.5 Å². The zero-order valence-corrected chi connectivity index (χ0v) is 18.1. The van der Waals surface area contributed by atoms with Crippen LogP contribution in [0.1, 0.15) is 16.8 Å². The molecule has 35 heavy (non-hydrogen) atoms. The normalized spacial score (nSPS) is 17.4. The number of ketones is 1. The minimum atomic E-state index is -1.18. The summed E-state index contributed by atoms with van der Waals surface area (Å²) in [5.41, 5.74) is -0.959. The molecule has 1 saturated heterocycles. The monoisotopic (exact) mass is 485 g/mol. The summed E-state index contributed by atoms with van der Waals surface area (Å²) in [5.74, 6) is -3.93. The highest BCUT2D eigenvalue weighted by molar-refractivity contribution is 5.99.